The molecule has 0 aliphatic carbocycles. The van der Waals surface area contributed by atoms with Gasteiger partial charge in [0, 0.05) is 31.5 Å². The molecule has 0 radical (unpaired) electrons. The smallest absolute Gasteiger partial charge is 0.217 e. The Morgan fingerprint density at radius 1 is 0.720 bits per heavy atom. The van der Waals surface area contributed by atoms with Crippen LogP contribution in [0.2, 0.25) is 0 Å². The molecule has 1 aliphatic heterocycles. The number of rotatable bonds is 22. The number of nitrogens with zero attached hydrogens (tertiary/aromatic N) is 1. The maximum atomic E-state index is 11.4. The van der Waals surface area contributed by atoms with Gasteiger partial charge in [-0.2, -0.15) is 0 Å². The number of aliphatic hydroxyl groups excluding tert-OH is 1. The molecule has 0 spiro atoms. The minimum atomic E-state index is -0.483. The van der Waals surface area contributed by atoms with Crippen molar-refractivity contribution in [3.8, 4) is 11.1 Å². The molecule has 0 saturated carbocycles. The highest BCUT2D eigenvalue weighted by Crippen LogP contribution is 2.42. The molecular weight excluding hydrogens is 620 g/mol. The van der Waals surface area contributed by atoms with Crippen LogP contribution >= 0.6 is 0 Å². The highest BCUT2D eigenvalue weighted by Gasteiger charge is 2.39. The monoisotopic (exact) mass is 684 g/mol. The van der Waals surface area contributed by atoms with Crippen molar-refractivity contribution in [2.75, 3.05) is 19.6 Å². The van der Waals surface area contributed by atoms with Gasteiger partial charge in [-0.3, -0.25) is 4.79 Å². The molecule has 3 aromatic carbocycles. The second-order valence-corrected chi connectivity index (χ2v) is 14.4. The number of hydrogen-bond donors (Lipinski definition) is 2. The molecule has 4 rings (SSSR count). The summed E-state index contributed by atoms with van der Waals surface area (Å²) in [4.78, 5) is 14.1. The third kappa shape index (κ3) is 12.9. The number of benzene rings is 3. The van der Waals surface area contributed by atoms with Crippen LogP contribution in [0.4, 0.5) is 0 Å². The molecular formula is C44H64N2O4. The van der Waals surface area contributed by atoms with Gasteiger partial charge in [-0.1, -0.05) is 152 Å². The molecule has 1 amide bonds. The molecule has 50 heavy (non-hydrogen) atoms. The number of amides is 1. The Morgan fingerprint density at radius 2 is 1.32 bits per heavy atom. The van der Waals surface area contributed by atoms with Gasteiger partial charge in [0.15, 0.2) is 6.29 Å². The van der Waals surface area contributed by atoms with Gasteiger partial charge in [-0.15, -0.1) is 0 Å². The average Bonchev–Trinajstić information content (AvgIpc) is 3.14. The quantitative estimate of drug-likeness (QED) is 0.103. The largest absolute Gasteiger partial charge is 0.392 e. The number of nitrogens with one attached hydrogen (secondary N) is 1. The molecule has 1 aliphatic rings. The van der Waals surface area contributed by atoms with Gasteiger partial charge in [0.25, 0.3) is 0 Å². The van der Waals surface area contributed by atoms with E-state index in [4.69, 9.17) is 9.47 Å². The first-order valence-corrected chi connectivity index (χ1v) is 19.6. The number of carbonyl (C=O) groups is 1. The zero-order valence-corrected chi connectivity index (χ0v) is 31.4. The number of unbranched alkanes of at least 4 members (excludes halogenated alkanes) is 10. The maximum Gasteiger partial charge on any atom is 0.217 e. The minimum Gasteiger partial charge on any atom is -0.392 e. The SMILES string of the molecule is CCCCCCCCN(CCCCCCCC)C[C@H]1O[C@@H](c2ccc(-c3cccc(CNC(C)=O)c3)cc2)O[C@@H](c2ccc(CO)cc2)[C@H]1C. The first kappa shape index (κ1) is 39.8. The minimum absolute atomic E-state index is 0.0154. The molecule has 0 aromatic heterocycles. The van der Waals surface area contributed by atoms with Crippen molar-refractivity contribution in [2.24, 2.45) is 5.92 Å². The summed E-state index contributed by atoms with van der Waals surface area (Å²) >= 11 is 0. The lowest BCUT2D eigenvalue weighted by Gasteiger charge is -2.43. The van der Waals surface area contributed by atoms with Gasteiger partial charge in [0.05, 0.1) is 18.8 Å². The van der Waals surface area contributed by atoms with Crippen molar-refractivity contribution in [3.05, 3.63) is 95.1 Å². The fourth-order valence-corrected chi connectivity index (χ4v) is 7.03. The summed E-state index contributed by atoms with van der Waals surface area (Å²) in [5, 5.41) is 12.6. The molecule has 6 nitrogen and oxygen atoms in total. The van der Waals surface area contributed by atoms with E-state index in [1.54, 1.807) is 6.92 Å². The predicted octanol–water partition coefficient (Wildman–Crippen LogP) is 10.3. The average molecular weight is 685 g/mol. The first-order valence-electron chi connectivity index (χ1n) is 19.6. The topological polar surface area (TPSA) is 71.0 Å². The van der Waals surface area contributed by atoms with Crippen LogP contribution in [0.1, 0.15) is 139 Å². The second kappa shape index (κ2) is 22.0. The molecule has 0 bridgehead atoms. The van der Waals surface area contributed by atoms with Crippen molar-refractivity contribution in [1.82, 2.24) is 10.2 Å². The summed E-state index contributed by atoms with van der Waals surface area (Å²) in [6, 6.07) is 25.1. The Hall–Kier alpha value is -3.03. The zero-order chi connectivity index (χ0) is 35.6. The van der Waals surface area contributed by atoms with Gasteiger partial charge in [0.2, 0.25) is 5.91 Å². The standard InChI is InChI=1S/C44H64N2O4/c1-5-7-9-11-13-15-28-46(29-16-14-12-10-8-6-2)32-42-34(3)43(39-22-20-36(33-47)21-23-39)50-44(49-42)40-26-24-38(25-27-40)41-19-17-18-37(30-41)31-45-35(4)48/h17-27,30,34,42-44,47H,5-16,28-29,31-33H2,1-4H3,(H,45,48)/t34-,42+,43+,44+/m0/s1. The lowest BCUT2D eigenvalue weighted by molar-refractivity contribution is -0.276. The fraction of sp³-hybridized carbons (Fsp3) is 0.568. The van der Waals surface area contributed by atoms with E-state index >= 15 is 0 Å². The molecule has 3 aromatic rings. The molecule has 4 atom stereocenters. The van der Waals surface area contributed by atoms with Gasteiger partial charge in [-0.05, 0) is 59.8 Å². The Kier molecular flexibility index (Phi) is 17.5. The van der Waals surface area contributed by atoms with Gasteiger partial charge < -0.3 is 24.8 Å². The second-order valence-electron chi connectivity index (χ2n) is 14.4. The van der Waals surface area contributed by atoms with Crippen molar-refractivity contribution in [1.29, 1.82) is 0 Å². The van der Waals surface area contributed by atoms with Crippen molar-refractivity contribution in [2.45, 2.75) is 136 Å². The van der Waals surface area contributed by atoms with Crippen LogP contribution in [0.25, 0.3) is 11.1 Å². The molecule has 1 heterocycles. The van der Waals surface area contributed by atoms with Crippen LogP contribution in [0.15, 0.2) is 72.8 Å². The summed E-state index contributed by atoms with van der Waals surface area (Å²) in [6.07, 6.45) is 15.0. The Balaban J connectivity index is 1.51. The van der Waals surface area contributed by atoms with E-state index in [9.17, 15) is 9.90 Å². The van der Waals surface area contributed by atoms with Crippen LogP contribution in [-0.4, -0.2) is 41.7 Å². The molecule has 6 heteroatoms. The van der Waals surface area contributed by atoms with E-state index in [-0.39, 0.29) is 30.6 Å². The lowest BCUT2D eigenvalue weighted by Crippen LogP contribution is -2.45. The molecule has 2 N–H and O–H groups in total. The van der Waals surface area contributed by atoms with Gasteiger partial charge in [0.1, 0.15) is 0 Å². The van der Waals surface area contributed by atoms with Crippen molar-refractivity contribution >= 4 is 5.91 Å². The summed E-state index contributed by atoms with van der Waals surface area (Å²) < 4.78 is 13.7. The highest BCUT2D eigenvalue weighted by molar-refractivity contribution is 5.73. The third-order valence-corrected chi connectivity index (χ3v) is 10.2. The van der Waals surface area contributed by atoms with E-state index in [2.05, 4.69) is 79.5 Å². The van der Waals surface area contributed by atoms with E-state index in [0.717, 1.165) is 53.0 Å². The first-order chi connectivity index (χ1) is 24.4. The molecule has 0 unspecified atom stereocenters. The Morgan fingerprint density at radius 3 is 1.92 bits per heavy atom. The lowest BCUT2D eigenvalue weighted by atomic mass is 9.89. The van der Waals surface area contributed by atoms with Crippen LogP contribution in [0.5, 0.6) is 0 Å². The van der Waals surface area contributed by atoms with E-state index in [1.807, 2.05) is 24.3 Å². The molecule has 274 valence electrons. The van der Waals surface area contributed by atoms with Crippen LogP contribution in [0.3, 0.4) is 0 Å². The van der Waals surface area contributed by atoms with Crippen molar-refractivity contribution < 1.29 is 19.4 Å². The predicted molar refractivity (Wildman–Crippen MR) is 206 cm³/mol. The summed E-state index contributed by atoms with van der Waals surface area (Å²) in [7, 11) is 0. The zero-order valence-electron chi connectivity index (χ0n) is 31.4. The highest BCUT2D eigenvalue weighted by atomic mass is 16.7. The van der Waals surface area contributed by atoms with Gasteiger partial charge >= 0.3 is 0 Å². The molecule has 1 fully saturated rings. The number of ether oxygens (including phenoxy) is 2. The third-order valence-electron chi connectivity index (χ3n) is 10.2. The van der Waals surface area contributed by atoms with Gasteiger partial charge in [-0.25, -0.2) is 0 Å². The Labute approximate surface area is 303 Å². The van der Waals surface area contributed by atoms with E-state index in [0.29, 0.717) is 6.54 Å². The number of aliphatic hydroxyl groups is 1. The van der Waals surface area contributed by atoms with Crippen LogP contribution in [-0.2, 0) is 27.4 Å². The maximum absolute atomic E-state index is 11.4. The van der Waals surface area contributed by atoms with Crippen LogP contribution < -0.4 is 5.32 Å². The molecule has 1 saturated heterocycles. The summed E-state index contributed by atoms with van der Waals surface area (Å²) in [5.74, 6) is 0.129. The fourth-order valence-electron chi connectivity index (χ4n) is 7.03. The van der Waals surface area contributed by atoms with Crippen molar-refractivity contribution in [3.63, 3.8) is 0 Å². The number of hydrogen-bond acceptors (Lipinski definition) is 5. The van der Waals surface area contributed by atoms with Crippen LogP contribution in [0, 0.1) is 5.92 Å². The van der Waals surface area contributed by atoms with E-state index in [1.165, 1.54) is 77.0 Å². The Bertz CT molecular complexity index is 1360. The summed E-state index contributed by atoms with van der Waals surface area (Å²) in [6.45, 7) is 12.1. The summed E-state index contributed by atoms with van der Waals surface area (Å²) in [5.41, 5.74) is 6.33. The normalized spacial score (nSPS) is 19.2. The van der Waals surface area contributed by atoms with E-state index < -0.39 is 6.29 Å². The number of carbonyl (C=O) groups excluding carboxylic acids is 1.